The number of phenols is 2. The molecule has 0 unspecified atom stereocenters. The van der Waals surface area contributed by atoms with Gasteiger partial charge in [0.2, 0.25) is 5.78 Å². The van der Waals surface area contributed by atoms with Crippen molar-refractivity contribution in [3.05, 3.63) is 59.0 Å². The van der Waals surface area contributed by atoms with Crippen LogP contribution in [0.5, 0.6) is 17.2 Å². The van der Waals surface area contributed by atoms with Gasteiger partial charge < -0.3 is 29.6 Å². The topological polar surface area (TPSA) is 115 Å². The second kappa shape index (κ2) is 8.91. The monoisotopic (exact) mass is 491 g/mol. The lowest BCUT2D eigenvalue weighted by atomic mass is 10.0. The number of ketones is 1. The lowest BCUT2D eigenvalue weighted by Gasteiger charge is -2.35. The summed E-state index contributed by atoms with van der Waals surface area (Å²) >= 11 is 0. The first-order valence-electron chi connectivity index (χ1n) is 11.9. The number of benzene rings is 2. The highest BCUT2D eigenvalue weighted by Gasteiger charge is 2.33. The summed E-state index contributed by atoms with van der Waals surface area (Å²) in [5.41, 5.74) is 1.73. The number of phenolic OH excluding ortho intramolecular Hbond substituents is 2. The van der Waals surface area contributed by atoms with E-state index in [0.717, 1.165) is 5.52 Å². The molecule has 5 rings (SSSR count). The molecule has 2 aliphatic rings. The Bertz CT molecular complexity index is 1380. The Labute approximate surface area is 208 Å². The molecule has 1 amide bonds. The quantitative estimate of drug-likeness (QED) is 0.469. The minimum absolute atomic E-state index is 0.0436. The van der Waals surface area contributed by atoms with E-state index >= 15 is 0 Å². The van der Waals surface area contributed by atoms with E-state index in [1.807, 2.05) is 26.8 Å². The zero-order valence-electron chi connectivity index (χ0n) is 20.5. The molecule has 1 aromatic heterocycles. The average Bonchev–Trinajstić information content (AvgIpc) is 3.37. The minimum atomic E-state index is -0.550. The van der Waals surface area contributed by atoms with Gasteiger partial charge in [-0.25, -0.2) is 4.79 Å². The molecular formula is C27H29N3O6. The number of nitrogens with one attached hydrogen (secondary N) is 1. The molecule has 3 N–H and O–H groups in total. The van der Waals surface area contributed by atoms with Crippen LogP contribution in [0.4, 0.5) is 4.79 Å². The molecule has 0 bridgehead atoms. The fourth-order valence-electron chi connectivity index (χ4n) is 4.53. The molecule has 0 atom stereocenters. The Hall–Kier alpha value is -3.98. The number of ether oxygens (including phenoxy) is 2. The molecule has 0 saturated carbocycles. The summed E-state index contributed by atoms with van der Waals surface area (Å²) in [6, 6.07) is 8.22. The largest absolute Gasteiger partial charge is 0.507 e. The van der Waals surface area contributed by atoms with Gasteiger partial charge in [0.05, 0.1) is 11.1 Å². The number of rotatable bonds is 3. The number of Topliss-reactive ketones (excluding diaryl/α,β-unsaturated/α-hetero) is 1. The van der Waals surface area contributed by atoms with Crippen molar-refractivity contribution in [1.29, 1.82) is 0 Å². The van der Waals surface area contributed by atoms with Gasteiger partial charge in [-0.15, -0.1) is 0 Å². The van der Waals surface area contributed by atoms with Crippen LogP contribution in [0.2, 0.25) is 0 Å². The van der Waals surface area contributed by atoms with Crippen LogP contribution < -0.4 is 4.74 Å². The highest BCUT2D eigenvalue weighted by atomic mass is 16.6. The molecular weight excluding hydrogens is 462 g/mol. The van der Waals surface area contributed by atoms with Crippen LogP contribution in [0, 0.1) is 0 Å². The van der Waals surface area contributed by atoms with Gasteiger partial charge >= 0.3 is 6.09 Å². The number of hydrogen-bond acceptors (Lipinski definition) is 7. The maximum atomic E-state index is 13.1. The first kappa shape index (κ1) is 23.7. The van der Waals surface area contributed by atoms with Gasteiger partial charge in [-0.2, -0.15) is 0 Å². The Kier molecular flexibility index (Phi) is 5.88. The van der Waals surface area contributed by atoms with Gasteiger partial charge in [0.1, 0.15) is 22.8 Å². The molecule has 9 heteroatoms. The highest BCUT2D eigenvalue weighted by molar-refractivity contribution is 6.15. The molecule has 2 aliphatic heterocycles. The van der Waals surface area contributed by atoms with Crippen LogP contribution >= 0.6 is 0 Å². The van der Waals surface area contributed by atoms with Crippen LogP contribution in [-0.2, 0) is 11.3 Å². The van der Waals surface area contributed by atoms with E-state index in [0.29, 0.717) is 60.5 Å². The van der Waals surface area contributed by atoms with E-state index in [4.69, 9.17) is 9.47 Å². The van der Waals surface area contributed by atoms with E-state index in [1.165, 1.54) is 6.07 Å². The molecule has 0 spiro atoms. The van der Waals surface area contributed by atoms with Crippen molar-refractivity contribution in [2.24, 2.45) is 0 Å². The van der Waals surface area contributed by atoms with E-state index < -0.39 is 5.60 Å². The number of nitrogens with zero attached hydrogens (tertiary/aromatic N) is 2. The average molecular weight is 492 g/mol. The molecule has 0 radical (unpaired) electrons. The molecule has 1 fully saturated rings. The summed E-state index contributed by atoms with van der Waals surface area (Å²) in [6.07, 6.45) is 2.97. The predicted molar refractivity (Wildman–Crippen MR) is 134 cm³/mol. The van der Waals surface area contributed by atoms with Crippen molar-refractivity contribution < 1.29 is 29.3 Å². The fraction of sp³-hybridized carbons (Fsp3) is 0.333. The molecule has 3 heterocycles. The number of amides is 1. The smallest absolute Gasteiger partial charge is 0.410 e. The summed E-state index contributed by atoms with van der Waals surface area (Å²) in [6.45, 7) is 8.06. The van der Waals surface area contributed by atoms with Crippen molar-refractivity contribution in [3.8, 4) is 17.2 Å². The minimum Gasteiger partial charge on any atom is -0.507 e. The molecule has 1 saturated heterocycles. The molecule has 9 nitrogen and oxygen atoms in total. The van der Waals surface area contributed by atoms with Crippen LogP contribution in [0.3, 0.4) is 0 Å². The van der Waals surface area contributed by atoms with Crippen LogP contribution in [0.25, 0.3) is 17.0 Å². The third-order valence-corrected chi connectivity index (χ3v) is 6.32. The first-order valence-corrected chi connectivity index (χ1v) is 11.9. The van der Waals surface area contributed by atoms with Crippen molar-refractivity contribution in [3.63, 3.8) is 0 Å². The van der Waals surface area contributed by atoms with Gasteiger partial charge in [0.15, 0.2) is 5.76 Å². The summed E-state index contributed by atoms with van der Waals surface area (Å²) < 4.78 is 11.5. The number of hydrogen-bond donors (Lipinski definition) is 3. The molecule has 36 heavy (non-hydrogen) atoms. The highest BCUT2D eigenvalue weighted by Crippen LogP contribution is 2.41. The standard InChI is InChI=1S/C27H29N3O6/c1-27(2,3)36-26(34)30-11-9-29(10-12-30)15-18-20(31)8-7-17-24(33)22(35-25(17)18)13-16-14-28-19-5-4-6-21(32)23(16)19/h4-8,13-14,28,31-32H,9-12,15H2,1-3H3/b22-13-. The summed E-state index contributed by atoms with van der Waals surface area (Å²) in [5.74, 6) is 0.320. The predicted octanol–water partition coefficient (Wildman–Crippen LogP) is 4.25. The van der Waals surface area contributed by atoms with E-state index in [2.05, 4.69) is 9.88 Å². The Balaban J connectivity index is 1.34. The maximum absolute atomic E-state index is 13.1. The van der Waals surface area contributed by atoms with Gasteiger partial charge in [0, 0.05) is 55.4 Å². The zero-order valence-corrected chi connectivity index (χ0v) is 20.5. The van der Waals surface area contributed by atoms with E-state index in [1.54, 1.807) is 35.4 Å². The third kappa shape index (κ3) is 4.49. The van der Waals surface area contributed by atoms with Crippen molar-refractivity contribution in [1.82, 2.24) is 14.8 Å². The second-order valence-corrected chi connectivity index (χ2v) is 10.1. The number of aromatic hydroxyl groups is 2. The Morgan fingerprint density at radius 2 is 1.86 bits per heavy atom. The number of carbonyl (C=O) groups excluding carboxylic acids is 2. The number of fused-ring (bicyclic) bond motifs is 2. The number of H-pyrrole nitrogens is 1. The van der Waals surface area contributed by atoms with Crippen LogP contribution in [0.1, 0.15) is 42.3 Å². The number of aromatic amines is 1. The zero-order chi connectivity index (χ0) is 25.6. The van der Waals surface area contributed by atoms with Crippen molar-refractivity contribution in [2.75, 3.05) is 26.2 Å². The molecule has 188 valence electrons. The summed E-state index contributed by atoms with van der Waals surface area (Å²) in [7, 11) is 0. The second-order valence-electron chi connectivity index (χ2n) is 10.1. The van der Waals surface area contributed by atoms with Crippen LogP contribution in [0.15, 0.2) is 42.3 Å². The maximum Gasteiger partial charge on any atom is 0.410 e. The lowest BCUT2D eigenvalue weighted by molar-refractivity contribution is 0.0137. The van der Waals surface area contributed by atoms with Gasteiger partial charge in [-0.1, -0.05) is 6.07 Å². The number of aromatic nitrogens is 1. The number of piperazine rings is 1. The SMILES string of the molecule is CC(C)(C)OC(=O)N1CCN(Cc2c(O)ccc3c2O/C(=C\c2c[nH]c4cccc(O)c24)C3=O)CC1. The van der Waals surface area contributed by atoms with E-state index in [9.17, 15) is 19.8 Å². The van der Waals surface area contributed by atoms with Gasteiger partial charge in [-0.3, -0.25) is 9.69 Å². The number of carbonyl (C=O) groups is 2. The normalized spacial score (nSPS) is 17.5. The lowest BCUT2D eigenvalue weighted by Crippen LogP contribution is -2.49. The van der Waals surface area contributed by atoms with Gasteiger partial charge in [-0.05, 0) is 51.1 Å². The molecule has 3 aromatic rings. The Morgan fingerprint density at radius 3 is 2.58 bits per heavy atom. The van der Waals surface area contributed by atoms with E-state index in [-0.39, 0.29) is 29.1 Å². The van der Waals surface area contributed by atoms with Crippen LogP contribution in [-0.4, -0.2) is 68.7 Å². The Morgan fingerprint density at radius 1 is 1.11 bits per heavy atom. The fourth-order valence-corrected chi connectivity index (χ4v) is 4.53. The van der Waals surface area contributed by atoms with Crippen molar-refractivity contribution >= 4 is 28.9 Å². The third-order valence-electron chi connectivity index (χ3n) is 6.32. The van der Waals surface area contributed by atoms with Crippen molar-refractivity contribution in [2.45, 2.75) is 32.9 Å². The number of allylic oxidation sites excluding steroid dienone is 1. The first-order chi connectivity index (χ1) is 17.1. The molecule has 2 aromatic carbocycles. The summed E-state index contributed by atoms with van der Waals surface area (Å²) in [4.78, 5) is 32.3. The molecule has 0 aliphatic carbocycles. The van der Waals surface area contributed by atoms with Gasteiger partial charge in [0.25, 0.3) is 0 Å². The summed E-state index contributed by atoms with van der Waals surface area (Å²) in [5, 5.41) is 21.5.